The maximum Gasteiger partial charge on any atom is 0.225 e. The fourth-order valence-electron chi connectivity index (χ4n) is 1.17. The normalized spacial score (nSPS) is 12.2. The summed E-state index contributed by atoms with van der Waals surface area (Å²) in [4.78, 5) is 8.33. The Morgan fingerprint density at radius 1 is 1.50 bits per heavy atom. The molecule has 1 unspecified atom stereocenters. The van der Waals surface area contributed by atoms with Gasteiger partial charge in [-0.3, -0.25) is 0 Å². The Balaban J connectivity index is 2.64. The van der Waals surface area contributed by atoms with Crippen LogP contribution in [0.2, 0.25) is 0 Å². The molecule has 1 heterocycles. The number of aryl methyl sites for hydroxylation is 1. The van der Waals surface area contributed by atoms with Gasteiger partial charge in [-0.25, -0.2) is 4.98 Å². The molecule has 0 saturated carbocycles. The summed E-state index contributed by atoms with van der Waals surface area (Å²) in [5.41, 5.74) is 0.919. The third-order valence-electron chi connectivity index (χ3n) is 2.02. The van der Waals surface area contributed by atoms with Crippen LogP contribution in [0.1, 0.15) is 19.4 Å². The summed E-state index contributed by atoms with van der Waals surface area (Å²) >= 11 is 0. The molecular weight excluding hydrogens is 206 g/mol. The standard InChI is InChI=1S/C11H19N3O2/c1-5-15-7-9(3)16-10-8(2)6-13-11(12-4)14-10/h6,9H,5,7H2,1-4H3,(H,12,13,14). The second kappa shape index (κ2) is 6.27. The first-order valence-corrected chi connectivity index (χ1v) is 5.43. The molecule has 1 atom stereocenters. The molecule has 0 aliphatic carbocycles. The van der Waals surface area contributed by atoms with Gasteiger partial charge in [-0.2, -0.15) is 4.98 Å². The van der Waals surface area contributed by atoms with Crippen LogP contribution in [0.5, 0.6) is 5.88 Å². The van der Waals surface area contributed by atoms with Crippen molar-refractivity contribution in [1.82, 2.24) is 9.97 Å². The highest BCUT2D eigenvalue weighted by Crippen LogP contribution is 2.16. The topological polar surface area (TPSA) is 56.3 Å². The van der Waals surface area contributed by atoms with E-state index in [9.17, 15) is 0 Å². The Hall–Kier alpha value is -1.36. The number of hydrogen-bond donors (Lipinski definition) is 1. The van der Waals surface area contributed by atoms with E-state index in [-0.39, 0.29) is 6.10 Å². The van der Waals surface area contributed by atoms with E-state index < -0.39 is 0 Å². The average molecular weight is 225 g/mol. The first-order chi connectivity index (χ1) is 7.67. The van der Waals surface area contributed by atoms with Crippen LogP contribution in [0.15, 0.2) is 6.20 Å². The summed E-state index contributed by atoms with van der Waals surface area (Å²) in [5, 5.41) is 2.88. The van der Waals surface area contributed by atoms with E-state index in [4.69, 9.17) is 9.47 Å². The van der Waals surface area contributed by atoms with Crippen LogP contribution in [0.25, 0.3) is 0 Å². The molecule has 1 aromatic heterocycles. The van der Waals surface area contributed by atoms with Gasteiger partial charge in [0.05, 0.1) is 6.61 Å². The van der Waals surface area contributed by atoms with Gasteiger partial charge in [0.1, 0.15) is 6.10 Å². The molecule has 0 fully saturated rings. The predicted octanol–water partition coefficient (Wildman–Crippen LogP) is 1.63. The van der Waals surface area contributed by atoms with Crippen molar-refractivity contribution in [2.45, 2.75) is 26.9 Å². The summed E-state index contributed by atoms with van der Waals surface area (Å²) in [7, 11) is 1.78. The number of rotatable bonds is 6. The second-order valence-electron chi connectivity index (χ2n) is 3.52. The van der Waals surface area contributed by atoms with Crippen molar-refractivity contribution in [3.05, 3.63) is 11.8 Å². The molecule has 16 heavy (non-hydrogen) atoms. The maximum atomic E-state index is 5.67. The fraction of sp³-hybridized carbons (Fsp3) is 0.636. The largest absolute Gasteiger partial charge is 0.472 e. The highest BCUT2D eigenvalue weighted by atomic mass is 16.5. The van der Waals surface area contributed by atoms with Crippen molar-refractivity contribution in [2.75, 3.05) is 25.6 Å². The summed E-state index contributed by atoms with van der Waals surface area (Å²) in [5.74, 6) is 1.16. The van der Waals surface area contributed by atoms with E-state index in [1.807, 2.05) is 20.8 Å². The molecule has 5 heteroatoms. The highest BCUT2D eigenvalue weighted by molar-refractivity contribution is 5.31. The third-order valence-corrected chi connectivity index (χ3v) is 2.02. The van der Waals surface area contributed by atoms with Crippen LogP contribution in [0.3, 0.4) is 0 Å². The summed E-state index contributed by atoms with van der Waals surface area (Å²) in [6.07, 6.45) is 1.72. The zero-order valence-corrected chi connectivity index (χ0v) is 10.3. The zero-order chi connectivity index (χ0) is 12.0. The van der Waals surface area contributed by atoms with Crippen LogP contribution >= 0.6 is 0 Å². The average Bonchev–Trinajstić information content (AvgIpc) is 2.29. The number of nitrogens with one attached hydrogen (secondary N) is 1. The minimum Gasteiger partial charge on any atom is -0.472 e. The SMILES string of the molecule is CCOCC(C)Oc1nc(NC)ncc1C. The summed E-state index contributed by atoms with van der Waals surface area (Å²) in [6.45, 7) is 7.09. The Morgan fingerprint density at radius 3 is 2.88 bits per heavy atom. The molecule has 0 saturated heterocycles. The lowest BCUT2D eigenvalue weighted by Crippen LogP contribution is -2.20. The van der Waals surface area contributed by atoms with Gasteiger partial charge in [-0.1, -0.05) is 0 Å². The fourth-order valence-corrected chi connectivity index (χ4v) is 1.17. The van der Waals surface area contributed by atoms with Gasteiger partial charge >= 0.3 is 0 Å². The molecule has 0 aliphatic heterocycles. The third kappa shape index (κ3) is 3.66. The lowest BCUT2D eigenvalue weighted by atomic mass is 10.3. The van der Waals surface area contributed by atoms with Gasteiger partial charge in [0.15, 0.2) is 0 Å². The summed E-state index contributed by atoms with van der Waals surface area (Å²) in [6, 6.07) is 0. The van der Waals surface area contributed by atoms with Gasteiger partial charge < -0.3 is 14.8 Å². The highest BCUT2D eigenvalue weighted by Gasteiger charge is 2.09. The first kappa shape index (κ1) is 12.7. The van der Waals surface area contributed by atoms with Crippen LogP contribution in [-0.4, -0.2) is 36.3 Å². The smallest absolute Gasteiger partial charge is 0.225 e. The van der Waals surface area contributed by atoms with Crippen LogP contribution in [0.4, 0.5) is 5.95 Å². The molecule has 1 aromatic rings. The van der Waals surface area contributed by atoms with Crippen LogP contribution < -0.4 is 10.1 Å². The van der Waals surface area contributed by atoms with E-state index in [2.05, 4.69) is 15.3 Å². The van der Waals surface area contributed by atoms with Crippen molar-refractivity contribution >= 4 is 5.95 Å². The molecule has 0 bridgehead atoms. The Morgan fingerprint density at radius 2 is 2.25 bits per heavy atom. The number of ether oxygens (including phenoxy) is 2. The number of nitrogens with zero attached hydrogens (tertiary/aromatic N) is 2. The van der Waals surface area contributed by atoms with Gasteiger partial charge in [0.25, 0.3) is 0 Å². The molecule has 0 spiro atoms. The lowest BCUT2D eigenvalue weighted by Gasteiger charge is -2.15. The van der Waals surface area contributed by atoms with E-state index in [0.717, 1.165) is 5.56 Å². The van der Waals surface area contributed by atoms with Gasteiger partial charge in [-0.05, 0) is 20.8 Å². The van der Waals surface area contributed by atoms with E-state index in [0.29, 0.717) is 25.0 Å². The number of anilines is 1. The van der Waals surface area contributed by atoms with Gasteiger partial charge in [0, 0.05) is 25.4 Å². The zero-order valence-electron chi connectivity index (χ0n) is 10.3. The molecule has 0 aliphatic rings. The molecule has 5 nitrogen and oxygen atoms in total. The van der Waals surface area contributed by atoms with Crippen LogP contribution in [-0.2, 0) is 4.74 Å². The first-order valence-electron chi connectivity index (χ1n) is 5.43. The molecule has 1 rings (SSSR count). The van der Waals surface area contributed by atoms with Gasteiger partial charge in [-0.15, -0.1) is 0 Å². The Bertz CT molecular complexity index is 331. The summed E-state index contributed by atoms with van der Waals surface area (Å²) < 4.78 is 11.0. The molecule has 1 N–H and O–H groups in total. The molecule has 0 aromatic carbocycles. The minimum absolute atomic E-state index is 0.0155. The van der Waals surface area contributed by atoms with E-state index in [1.165, 1.54) is 0 Å². The minimum atomic E-state index is -0.0155. The van der Waals surface area contributed by atoms with E-state index in [1.54, 1.807) is 13.2 Å². The van der Waals surface area contributed by atoms with Crippen LogP contribution in [0, 0.1) is 6.92 Å². The lowest BCUT2D eigenvalue weighted by molar-refractivity contribution is 0.0630. The van der Waals surface area contributed by atoms with Crippen molar-refractivity contribution in [1.29, 1.82) is 0 Å². The van der Waals surface area contributed by atoms with E-state index >= 15 is 0 Å². The molecule has 0 amide bonds. The van der Waals surface area contributed by atoms with Crippen molar-refractivity contribution < 1.29 is 9.47 Å². The maximum absolute atomic E-state index is 5.67. The quantitative estimate of drug-likeness (QED) is 0.797. The monoisotopic (exact) mass is 225 g/mol. The predicted molar refractivity (Wildman–Crippen MR) is 62.9 cm³/mol. The Labute approximate surface area is 96.2 Å². The van der Waals surface area contributed by atoms with Crippen molar-refractivity contribution in [3.63, 3.8) is 0 Å². The van der Waals surface area contributed by atoms with Crippen molar-refractivity contribution in [3.8, 4) is 5.88 Å². The number of aromatic nitrogens is 2. The molecule has 0 radical (unpaired) electrons. The second-order valence-corrected chi connectivity index (χ2v) is 3.52. The molecule has 90 valence electrons. The van der Waals surface area contributed by atoms with Crippen molar-refractivity contribution in [2.24, 2.45) is 0 Å². The number of hydrogen-bond acceptors (Lipinski definition) is 5. The molecular formula is C11H19N3O2. The van der Waals surface area contributed by atoms with Gasteiger partial charge in [0.2, 0.25) is 11.8 Å². The Kier molecular flexibility index (Phi) is 4.98.